The van der Waals surface area contributed by atoms with Crippen LogP contribution in [0.25, 0.3) is 0 Å². The molecule has 1 aliphatic heterocycles. The number of carbonyl (C=O) groups excluding carboxylic acids is 1. The van der Waals surface area contributed by atoms with E-state index in [9.17, 15) is 17.6 Å². The summed E-state index contributed by atoms with van der Waals surface area (Å²) in [5, 5.41) is 2.88. The van der Waals surface area contributed by atoms with E-state index in [1.807, 2.05) is 6.92 Å². The average molecular weight is 386 g/mol. The number of piperazine rings is 1. The number of halogens is 1. The van der Waals surface area contributed by atoms with Crippen LogP contribution in [0, 0.1) is 5.82 Å². The highest BCUT2D eigenvalue weighted by atomic mass is 32.2. The van der Waals surface area contributed by atoms with Crippen LogP contribution in [0.15, 0.2) is 29.2 Å². The minimum atomic E-state index is -3.37. The molecule has 1 aromatic carbocycles. The first-order valence-electron chi connectivity index (χ1n) is 9.10. The number of nitrogens with zero attached hydrogens (tertiary/aromatic N) is 2. The number of hydrogen-bond donors (Lipinski definition) is 1. The number of hydrogen-bond acceptors (Lipinski definition) is 5. The summed E-state index contributed by atoms with van der Waals surface area (Å²) in [5.41, 5.74) is 0. The molecule has 8 heteroatoms. The number of rotatable bonds is 9. The maximum Gasteiger partial charge on any atom is 0.234 e. The molecule has 0 spiro atoms. The van der Waals surface area contributed by atoms with Gasteiger partial charge >= 0.3 is 0 Å². The van der Waals surface area contributed by atoms with E-state index in [-0.39, 0.29) is 16.6 Å². The lowest BCUT2D eigenvalue weighted by Gasteiger charge is -2.34. The number of amides is 1. The van der Waals surface area contributed by atoms with Gasteiger partial charge in [-0.25, -0.2) is 12.8 Å². The van der Waals surface area contributed by atoms with E-state index in [0.717, 1.165) is 32.6 Å². The Morgan fingerprint density at radius 2 is 1.73 bits per heavy atom. The lowest BCUT2D eigenvalue weighted by atomic mass is 10.3. The molecule has 26 heavy (non-hydrogen) atoms. The Hall–Kier alpha value is -1.51. The van der Waals surface area contributed by atoms with E-state index >= 15 is 0 Å². The number of carbonyl (C=O) groups is 1. The van der Waals surface area contributed by atoms with Gasteiger partial charge in [0.2, 0.25) is 5.91 Å². The summed E-state index contributed by atoms with van der Waals surface area (Å²) in [6, 6.07) is 4.96. The quantitative estimate of drug-likeness (QED) is 0.646. The van der Waals surface area contributed by atoms with Gasteiger partial charge in [0.25, 0.3) is 0 Å². The SMILES string of the molecule is CCCNC(=O)CN1CCN(CCCS(=O)(=O)c2ccc(F)cc2)CC1. The van der Waals surface area contributed by atoms with Crippen molar-refractivity contribution in [2.75, 3.05) is 51.6 Å². The number of sulfone groups is 1. The van der Waals surface area contributed by atoms with Crippen LogP contribution in [0.2, 0.25) is 0 Å². The van der Waals surface area contributed by atoms with Gasteiger partial charge in [0.1, 0.15) is 5.82 Å². The van der Waals surface area contributed by atoms with Crippen molar-refractivity contribution < 1.29 is 17.6 Å². The van der Waals surface area contributed by atoms with Crippen LogP contribution in [-0.4, -0.2) is 75.7 Å². The normalized spacial score (nSPS) is 16.5. The van der Waals surface area contributed by atoms with Crippen LogP contribution >= 0.6 is 0 Å². The van der Waals surface area contributed by atoms with Gasteiger partial charge in [0, 0.05) is 32.7 Å². The molecule has 0 unspecified atom stereocenters. The Balaban J connectivity index is 1.68. The van der Waals surface area contributed by atoms with Crippen molar-refractivity contribution in [3.05, 3.63) is 30.1 Å². The zero-order chi connectivity index (χ0) is 19.0. The van der Waals surface area contributed by atoms with Crippen molar-refractivity contribution in [3.63, 3.8) is 0 Å². The van der Waals surface area contributed by atoms with E-state index in [1.54, 1.807) is 0 Å². The molecular formula is C18H28FN3O3S. The second-order valence-corrected chi connectivity index (χ2v) is 8.70. The highest BCUT2D eigenvalue weighted by Crippen LogP contribution is 2.13. The third kappa shape index (κ3) is 6.66. The Morgan fingerprint density at radius 1 is 1.12 bits per heavy atom. The first-order chi connectivity index (χ1) is 12.4. The zero-order valence-electron chi connectivity index (χ0n) is 15.3. The van der Waals surface area contributed by atoms with Crippen molar-refractivity contribution >= 4 is 15.7 Å². The topological polar surface area (TPSA) is 69.7 Å². The smallest absolute Gasteiger partial charge is 0.234 e. The molecule has 1 amide bonds. The summed E-state index contributed by atoms with van der Waals surface area (Å²) < 4.78 is 37.4. The standard InChI is InChI=1S/C18H28FN3O3S/c1-2-8-20-18(23)15-22-12-10-21(11-13-22)9-3-14-26(24,25)17-6-4-16(19)5-7-17/h4-7H,2-3,8-15H2,1H3,(H,20,23). The maximum absolute atomic E-state index is 12.9. The van der Waals surface area contributed by atoms with Crippen LogP contribution in [0.1, 0.15) is 19.8 Å². The van der Waals surface area contributed by atoms with Crippen LogP contribution in [0.5, 0.6) is 0 Å². The highest BCUT2D eigenvalue weighted by Gasteiger charge is 2.20. The van der Waals surface area contributed by atoms with Crippen molar-refractivity contribution in [2.24, 2.45) is 0 Å². The van der Waals surface area contributed by atoms with Crippen molar-refractivity contribution in [2.45, 2.75) is 24.7 Å². The van der Waals surface area contributed by atoms with E-state index in [1.165, 1.54) is 24.3 Å². The van der Waals surface area contributed by atoms with Gasteiger partial charge in [-0.3, -0.25) is 9.69 Å². The van der Waals surface area contributed by atoms with Gasteiger partial charge in [-0.1, -0.05) is 6.92 Å². The molecule has 1 fully saturated rings. The Labute approximate surface area is 155 Å². The molecule has 6 nitrogen and oxygen atoms in total. The minimum Gasteiger partial charge on any atom is -0.355 e. The highest BCUT2D eigenvalue weighted by molar-refractivity contribution is 7.91. The van der Waals surface area contributed by atoms with Crippen LogP contribution in [-0.2, 0) is 14.6 Å². The van der Waals surface area contributed by atoms with E-state index in [4.69, 9.17) is 0 Å². The first kappa shape index (κ1) is 20.8. The predicted octanol–water partition coefficient (Wildman–Crippen LogP) is 1.13. The molecule has 0 aromatic heterocycles. The van der Waals surface area contributed by atoms with Crippen LogP contribution in [0.3, 0.4) is 0 Å². The molecule has 2 rings (SSSR count). The van der Waals surface area contributed by atoms with Crippen molar-refractivity contribution in [3.8, 4) is 0 Å². The lowest BCUT2D eigenvalue weighted by Crippen LogP contribution is -2.49. The third-order valence-electron chi connectivity index (χ3n) is 4.46. The van der Waals surface area contributed by atoms with Crippen LogP contribution < -0.4 is 5.32 Å². The monoisotopic (exact) mass is 385 g/mol. The fourth-order valence-corrected chi connectivity index (χ4v) is 4.23. The molecular weight excluding hydrogens is 357 g/mol. The fourth-order valence-electron chi connectivity index (χ4n) is 2.93. The summed E-state index contributed by atoms with van der Waals surface area (Å²) in [6.07, 6.45) is 1.47. The summed E-state index contributed by atoms with van der Waals surface area (Å²) in [4.78, 5) is 16.2. The maximum atomic E-state index is 12.9. The van der Waals surface area contributed by atoms with Crippen LogP contribution in [0.4, 0.5) is 4.39 Å². The summed E-state index contributed by atoms with van der Waals surface area (Å²) in [5.74, 6) is -0.325. The largest absolute Gasteiger partial charge is 0.355 e. The Kier molecular flexibility index (Phi) is 7.99. The fraction of sp³-hybridized carbons (Fsp3) is 0.611. The Morgan fingerprint density at radius 3 is 2.35 bits per heavy atom. The molecule has 1 aliphatic rings. The second-order valence-electron chi connectivity index (χ2n) is 6.59. The molecule has 1 N–H and O–H groups in total. The molecule has 0 radical (unpaired) electrons. The summed E-state index contributed by atoms with van der Waals surface area (Å²) in [7, 11) is -3.37. The lowest BCUT2D eigenvalue weighted by molar-refractivity contribution is -0.122. The molecule has 0 saturated carbocycles. The zero-order valence-corrected chi connectivity index (χ0v) is 16.1. The van der Waals surface area contributed by atoms with Gasteiger partial charge in [-0.2, -0.15) is 0 Å². The molecule has 1 aromatic rings. The van der Waals surface area contributed by atoms with Gasteiger partial charge in [0.05, 0.1) is 17.2 Å². The second kappa shape index (κ2) is 9.99. The van der Waals surface area contributed by atoms with E-state index in [0.29, 0.717) is 26.1 Å². The summed E-state index contributed by atoms with van der Waals surface area (Å²) >= 11 is 0. The van der Waals surface area contributed by atoms with Gasteiger partial charge in [-0.05, 0) is 43.7 Å². The summed E-state index contributed by atoms with van der Waals surface area (Å²) in [6.45, 7) is 7.14. The van der Waals surface area contributed by atoms with Crippen molar-refractivity contribution in [1.29, 1.82) is 0 Å². The number of benzene rings is 1. The number of nitrogens with one attached hydrogen (secondary N) is 1. The van der Waals surface area contributed by atoms with Gasteiger partial charge < -0.3 is 10.2 Å². The predicted molar refractivity (Wildman–Crippen MR) is 99.3 cm³/mol. The molecule has 146 valence electrons. The molecule has 1 heterocycles. The average Bonchev–Trinajstić information content (AvgIpc) is 2.62. The third-order valence-corrected chi connectivity index (χ3v) is 6.28. The van der Waals surface area contributed by atoms with Gasteiger partial charge in [0.15, 0.2) is 9.84 Å². The van der Waals surface area contributed by atoms with Crippen molar-refractivity contribution in [1.82, 2.24) is 15.1 Å². The van der Waals surface area contributed by atoms with E-state index < -0.39 is 15.7 Å². The molecule has 0 aliphatic carbocycles. The van der Waals surface area contributed by atoms with E-state index in [2.05, 4.69) is 15.1 Å². The molecule has 1 saturated heterocycles. The first-order valence-corrected chi connectivity index (χ1v) is 10.8. The Bertz CT molecular complexity index is 671. The molecule has 0 atom stereocenters. The minimum absolute atomic E-state index is 0.0538. The molecule has 0 bridgehead atoms. The van der Waals surface area contributed by atoms with Gasteiger partial charge in [-0.15, -0.1) is 0 Å².